The van der Waals surface area contributed by atoms with Crippen molar-refractivity contribution in [1.82, 2.24) is 19.9 Å². The predicted molar refractivity (Wildman–Crippen MR) is 118 cm³/mol. The number of halogens is 1. The minimum Gasteiger partial charge on any atom is -0.493 e. The zero-order valence-corrected chi connectivity index (χ0v) is 17.6. The lowest BCUT2D eigenvalue weighted by Crippen LogP contribution is -2.25. The van der Waals surface area contributed by atoms with Gasteiger partial charge in [0.1, 0.15) is 31.5 Å². The average Bonchev–Trinajstić information content (AvgIpc) is 3.29. The van der Waals surface area contributed by atoms with Gasteiger partial charge in [-0.05, 0) is 18.2 Å². The van der Waals surface area contributed by atoms with E-state index >= 15 is 0 Å². The van der Waals surface area contributed by atoms with E-state index in [-0.39, 0.29) is 12.7 Å². The van der Waals surface area contributed by atoms with Gasteiger partial charge >= 0.3 is 0 Å². The first-order valence-electron chi connectivity index (χ1n) is 10.4. The fourth-order valence-electron chi connectivity index (χ4n) is 3.91. The first-order valence-corrected chi connectivity index (χ1v) is 10.4. The lowest BCUT2D eigenvalue weighted by Gasteiger charge is -2.20. The van der Waals surface area contributed by atoms with Crippen molar-refractivity contribution in [2.24, 2.45) is 0 Å². The maximum atomic E-state index is 12.5. The van der Waals surface area contributed by atoms with Crippen molar-refractivity contribution in [3.8, 4) is 17.4 Å². The summed E-state index contributed by atoms with van der Waals surface area (Å²) in [5.41, 5.74) is 2.35. The van der Waals surface area contributed by atoms with E-state index < -0.39 is 6.67 Å². The van der Waals surface area contributed by atoms with Crippen molar-refractivity contribution < 1.29 is 18.6 Å². The van der Waals surface area contributed by atoms with E-state index in [4.69, 9.17) is 14.2 Å². The van der Waals surface area contributed by atoms with Crippen LogP contribution in [-0.4, -0.2) is 59.5 Å². The van der Waals surface area contributed by atoms with Crippen LogP contribution in [-0.2, 0) is 0 Å². The first-order chi connectivity index (χ1) is 15.7. The lowest BCUT2D eigenvalue weighted by molar-refractivity contribution is 0.216. The average molecular weight is 435 g/mol. The van der Waals surface area contributed by atoms with Crippen LogP contribution in [0.1, 0.15) is 6.42 Å². The zero-order valence-electron chi connectivity index (χ0n) is 17.6. The number of fused-ring (bicyclic) bond motifs is 2. The van der Waals surface area contributed by atoms with Crippen molar-refractivity contribution in [2.45, 2.75) is 12.5 Å². The van der Waals surface area contributed by atoms with E-state index in [9.17, 15) is 4.39 Å². The maximum Gasteiger partial charge on any atom is 0.233 e. The van der Waals surface area contributed by atoms with E-state index in [1.165, 1.54) is 6.33 Å². The van der Waals surface area contributed by atoms with Crippen molar-refractivity contribution in [3.05, 3.63) is 48.9 Å². The van der Waals surface area contributed by atoms with E-state index in [0.717, 1.165) is 35.2 Å². The maximum absolute atomic E-state index is 12.5. The molecule has 4 aromatic rings. The number of aromatic nitrogens is 4. The minimum atomic E-state index is -0.576. The third-order valence-electron chi connectivity index (χ3n) is 5.39. The molecule has 0 spiro atoms. The van der Waals surface area contributed by atoms with Gasteiger partial charge in [-0.1, -0.05) is 12.1 Å². The first kappa shape index (κ1) is 20.2. The molecular weight excluding hydrogens is 413 g/mol. The number of anilines is 1. The van der Waals surface area contributed by atoms with Crippen LogP contribution >= 0.6 is 0 Å². The Balaban J connectivity index is 1.37. The molecule has 9 heteroatoms. The highest BCUT2D eigenvalue weighted by molar-refractivity contribution is 5.92. The minimum absolute atomic E-state index is 0.0375. The van der Waals surface area contributed by atoms with E-state index in [0.29, 0.717) is 29.4 Å². The molecule has 1 aliphatic heterocycles. The van der Waals surface area contributed by atoms with Crippen LogP contribution in [0.3, 0.4) is 0 Å². The van der Waals surface area contributed by atoms with Gasteiger partial charge in [0.2, 0.25) is 5.88 Å². The Labute approximate surface area is 184 Å². The second kappa shape index (κ2) is 8.78. The molecule has 32 heavy (non-hydrogen) atoms. The Bertz CT molecular complexity index is 1250. The van der Waals surface area contributed by atoms with Gasteiger partial charge in [-0.25, -0.2) is 24.3 Å². The highest BCUT2D eigenvalue weighted by Gasteiger charge is 2.27. The number of hydrogen-bond acceptors (Lipinski definition) is 8. The molecular formula is C23H22FN5O3. The van der Waals surface area contributed by atoms with Crippen molar-refractivity contribution in [3.63, 3.8) is 0 Å². The van der Waals surface area contributed by atoms with E-state index in [2.05, 4.69) is 24.8 Å². The molecule has 3 heterocycles. The monoisotopic (exact) mass is 435 g/mol. The van der Waals surface area contributed by atoms with Crippen LogP contribution < -0.4 is 19.1 Å². The van der Waals surface area contributed by atoms with Crippen molar-refractivity contribution >= 4 is 27.8 Å². The number of ether oxygens (including phenoxy) is 3. The topological polar surface area (TPSA) is 82.5 Å². The fourth-order valence-corrected chi connectivity index (χ4v) is 3.91. The van der Waals surface area contributed by atoms with Crippen molar-refractivity contribution in [2.75, 3.05) is 38.4 Å². The normalized spacial score (nSPS) is 15.9. The quantitative estimate of drug-likeness (QED) is 0.436. The summed E-state index contributed by atoms with van der Waals surface area (Å²) in [5.74, 6) is 2.28. The lowest BCUT2D eigenvalue weighted by atomic mass is 10.2. The molecule has 8 nitrogen and oxygen atoms in total. The summed E-state index contributed by atoms with van der Waals surface area (Å²) in [6.07, 6.45) is 3.97. The molecule has 164 valence electrons. The van der Waals surface area contributed by atoms with Crippen LogP contribution in [0.25, 0.3) is 21.9 Å². The third kappa shape index (κ3) is 3.93. The van der Waals surface area contributed by atoms with Crippen LogP contribution in [0.5, 0.6) is 17.4 Å². The smallest absolute Gasteiger partial charge is 0.233 e. The molecule has 0 aliphatic carbocycles. The van der Waals surface area contributed by atoms with Gasteiger partial charge < -0.3 is 19.1 Å². The molecule has 0 saturated carbocycles. The van der Waals surface area contributed by atoms with Gasteiger partial charge in [-0.3, -0.25) is 0 Å². The molecule has 0 bridgehead atoms. The van der Waals surface area contributed by atoms with Gasteiger partial charge in [-0.2, -0.15) is 0 Å². The van der Waals surface area contributed by atoms with Crippen molar-refractivity contribution in [1.29, 1.82) is 0 Å². The summed E-state index contributed by atoms with van der Waals surface area (Å²) in [7, 11) is 1.55. The number of benzene rings is 2. The Morgan fingerprint density at radius 3 is 2.78 bits per heavy atom. The Hall–Kier alpha value is -3.75. The van der Waals surface area contributed by atoms with E-state index in [1.807, 2.05) is 30.3 Å². The van der Waals surface area contributed by atoms with Gasteiger partial charge in [0.15, 0.2) is 11.5 Å². The molecule has 1 aliphatic rings. The number of hydrogen-bond donors (Lipinski definition) is 0. The van der Waals surface area contributed by atoms with Crippen LogP contribution in [0.4, 0.5) is 10.2 Å². The number of methoxy groups -OCH3 is 1. The summed E-state index contributed by atoms with van der Waals surface area (Å²) in [4.78, 5) is 20.0. The highest BCUT2D eigenvalue weighted by Crippen LogP contribution is 2.36. The Morgan fingerprint density at radius 1 is 1.06 bits per heavy atom. The molecule has 1 atom stereocenters. The molecule has 1 saturated heterocycles. The second-order valence-electron chi connectivity index (χ2n) is 7.43. The molecule has 1 fully saturated rings. The van der Waals surface area contributed by atoms with E-state index in [1.54, 1.807) is 19.4 Å². The fraction of sp³-hybridized carbons (Fsp3) is 0.304. The predicted octanol–water partition coefficient (Wildman–Crippen LogP) is 3.59. The van der Waals surface area contributed by atoms with Crippen LogP contribution in [0.15, 0.2) is 48.9 Å². The second-order valence-corrected chi connectivity index (χ2v) is 7.43. The largest absolute Gasteiger partial charge is 0.493 e. The molecule has 1 unspecified atom stereocenters. The molecule has 2 aromatic carbocycles. The molecule has 0 amide bonds. The third-order valence-corrected chi connectivity index (χ3v) is 5.39. The number of alkyl halides is 1. The molecule has 5 rings (SSSR count). The molecule has 2 aromatic heterocycles. The highest BCUT2D eigenvalue weighted by atomic mass is 19.1. The van der Waals surface area contributed by atoms with Crippen LogP contribution in [0.2, 0.25) is 0 Å². The number of para-hydroxylation sites is 2. The van der Waals surface area contributed by atoms with Gasteiger partial charge in [0.25, 0.3) is 0 Å². The summed E-state index contributed by atoms with van der Waals surface area (Å²) in [6.45, 7) is 0.818. The number of rotatable bonds is 7. The van der Waals surface area contributed by atoms with Gasteiger partial charge in [0.05, 0.1) is 36.4 Å². The van der Waals surface area contributed by atoms with Crippen LogP contribution in [0, 0.1) is 0 Å². The standard InChI is InChI=1S/C23H22FN5O3/c1-30-20-10-16-19(11-21(20)31-9-7-24)26-14-27-23(16)29-8-6-15(13-29)32-22-12-25-17-4-2-3-5-18(17)28-22/h2-5,10-12,14-15H,6-9,13H2,1H3. The molecule has 0 radical (unpaired) electrons. The summed E-state index contributed by atoms with van der Waals surface area (Å²) in [5, 5.41) is 0.836. The summed E-state index contributed by atoms with van der Waals surface area (Å²) >= 11 is 0. The zero-order chi connectivity index (χ0) is 21.9. The molecule has 0 N–H and O–H groups in total. The number of nitrogens with zero attached hydrogens (tertiary/aromatic N) is 5. The summed E-state index contributed by atoms with van der Waals surface area (Å²) in [6, 6.07) is 11.3. The SMILES string of the molecule is COc1cc2c(N3CCC(Oc4cnc5ccccc5n4)C3)ncnc2cc1OCCF. The summed E-state index contributed by atoms with van der Waals surface area (Å²) < 4.78 is 29.6. The Kier molecular flexibility index (Phi) is 5.53. The van der Waals surface area contributed by atoms with Gasteiger partial charge in [-0.15, -0.1) is 0 Å². The van der Waals surface area contributed by atoms with Gasteiger partial charge in [0, 0.05) is 24.4 Å². The Morgan fingerprint density at radius 2 is 1.94 bits per heavy atom.